The summed E-state index contributed by atoms with van der Waals surface area (Å²) in [6.07, 6.45) is 0. The maximum atomic E-state index is 2.35. The molecule has 0 N–H and O–H groups in total. The Hall–Kier alpha value is 2.20. The minimum absolute atomic E-state index is 0. The van der Waals surface area contributed by atoms with E-state index in [4.69, 9.17) is 0 Å². The molecule has 0 amide bonds. The predicted molar refractivity (Wildman–Crippen MR) is 352 cm³/mol. The van der Waals surface area contributed by atoms with E-state index in [2.05, 4.69) is 317 Å². The van der Waals surface area contributed by atoms with Crippen LogP contribution < -0.4 is 0 Å². The number of benzene rings is 15. The molecular weight excluding hydrogens is 1380 g/mol. The van der Waals surface area contributed by atoms with Crippen LogP contribution in [0.5, 0.6) is 0 Å². The second-order valence-corrected chi connectivity index (χ2v) is 22.1. The van der Waals surface area contributed by atoms with Crippen molar-refractivity contribution in [3.63, 3.8) is 0 Å². The molecule has 0 aliphatic rings. The zero-order valence-electron chi connectivity index (χ0n) is 49.4. The van der Waals surface area contributed by atoms with Gasteiger partial charge in [-0.1, -0.05) is 284 Å². The first-order valence-corrected chi connectivity index (χ1v) is 28.5. The Balaban J connectivity index is 0.00000154. The molecule has 10 heteroatoms. The van der Waals surface area contributed by atoms with Crippen LogP contribution in [-0.2, 0) is 0 Å². The molecule has 0 heterocycles. The first-order valence-electron chi connectivity index (χ1n) is 28.5. The van der Waals surface area contributed by atoms with E-state index in [1.807, 2.05) is 0 Å². The Morgan fingerprint density at radius 2 is 0.391 bits per heavy atom. The van der Waals surface area contributed by atoms with E-state index < -0.39 is 0 Å². The largest absolute Gasteiger partial charge is 0.0616 e. The van der Waals surface area contributed by atoms with Crippen LogP contribution in [0.1, 0.15) is 11.1 Å². The summed E-state index contributed by atoms with van der Waals surface area (Å²) in [6.45, 7) is 4.30. The van der Waals surface area contributed by atoms with E-state index in [0.29, 0.717) is 0 Å². The Kier molecular flexibility index (Phi) is 36.1. The molecule has 0 aliphatic heterocycles. The molecule has 0 saturated carbocycles. The second-order valence-electron chi connectivity index (χ2n) is 22.1. The molecule has 15 aromatic carbocycles. The molecule has 0 unspecified atom stereocenters. The second kappa shape index (κ2) is 39.2. The molecule has 15 rings (SSSR count). The van der Waals surface area contributed by atoms with Gasteiger partial charge in [0.15, 0.2) is 0 Å². The number of fused-ring (bicyclic) bond motifs is 5. The van der Waals surface area contributed by atoms with E-state index in [0.717, 1.165) is 0 Å². The van der Waals surface area contributed by atoms with Crippen molar-refractivity contribution in [1.82, 2.24) is 0 Å². The predicted octanol–water partition coefficient (Wildman–Crippen LogP) is 23.1. The molecule has 0 bridgehead atoms. The van der Waals surface area contributed by atoms with E-state index in [-0.39, 0.29) is 377 Å². The molecule has 0 atom stereocenters. The van der Waals surface area contributed by atoms with Crippen molar-refractivity contribution < 1.29 is 377 Å². The summed E-state index contributed by atoms with van der Waals surface area (Å²) < 4.78 is 0. The van der Waals surface area contributed by atoms with Gasteiger partial charge in [-0.25, -0.2) is 0 Å². The van der Waals surface area contributed by atoms with Crippen molar-refractivity contribution in [3.05, 3.63) is 314 Å². The van der Waals surface area contributed by atoms with E-state index in [1.165, 1.54) is 165 Å². The monoisotopic (exact) mass is 1440 g/mol. The number of hydrogen-bond donors (Lipinski definition) is 0. The molecule has 15 aromatic rings. The molecule has 0 saturated heterocycles. The maximum Gasteiger partial charge on any atom is 0 e. The van der Waals surface area contributed by atoms with Crippen LogP contribution in [-0.4, -0.2) is 0 Å². The zero-order valence-corrected chi connectivity index (χ0v) is 56.5. The normalized spacial score (nSPS) is 10.3. The van der Waals surface area contributed by atoms with Crippen LogP contribution in [0.2, 0.25) is 0 Å². The van der Waals surface area contributed by atoms with Crippen LogP contribution in [0.15, 0.2) is 303 Å². The maximum absolute atomic E-state index is 2.35. The van der Waals surface area contributed by atoms with Crippen molar-refractivity contribution >= 4 is 53.9 Å². The summed E-state index contributed by atoms with van der Waals surface area (Å²) >= 11 is 0. The summed E-state index contributed by atoms with van der Waals surface area (Å²) in [7, 11) is 0. The SMILES string of the molecule is Cc1ccc(-c2ccc(-c3cccc4c(-c5cccc(-c6ccc7cc(-c8ccc9cc(-c%10ccc(-c%11cccc%12c(-c%13ccc(-c%14cccc(C)c%14)c%14ccccc%13%14)cccc%11%12)cc%10)ccc9c8)ccc7c6)c5)cccc34)cc2)cc1.[Ar].[Ar].[Ar].[Ar].[Ar].[Ar].[Ar].[Ar].[Ar].[Ar]. The van der Waals surface area contributed by atoms with Gasteiger partial charge < -0.3 is 0 Å². The van der Waals surface area contributed by atoms with Crippen LogP contribution in [0.4, 0.5) is 0 Å². The van der Waals surface area contributed by atoms with Gasteiger partial charge in [-0.05, 0) is 198 Å². The van der Waals surface area contributed by atoms with Gasteiger partial charge >= 0.3 is 0 Å². The van der Waals surface area contributed by atoms with Crippen LogP contribution >= 0.6 is 0 Å². The third-order valence-electron chi connectivity index (χ3n) is 17.0. The Labute approximate surface area is 840 Å². The van der Waals surface area contributed by atoms with Gasteiger partial charge in [-0.3, -0.25) is 0 Å². The van der Waals surface area contributed by atoms with Gasteiger partial charge in [-0.2, -0.15) is 0 Å². The van der Waals surface area contributed by atoms with E-state index in [9.17, 15) is 0 Å². The summed E-state index contributed by atoms with van der Waals surface area (Å²) in [5, 5.41) is 12.5. The zero-order chi connectivity index (χ0) is 54.7. The van der Waals surface area contributed by atoms with Crippen LogP contribution in [0.3, 0.4) is 0 Å². The quantitative estimate of drug-likeness (QED) is 0.135. The Bertz CT molecular complexity index is 5010. The number of hydrogen-bond acceptors (Lipinski definition) is 0. The molecule has 0 radical (unpaired) electrons. The summed E-state index contributed by atoms with van der Waals surface area (Å²) in [4.78, 5) is 0. The minimum Gasteiger partial charge on any atom is -0.0616 e. The summed E-state index contributed by atoms with van der Waals surface area (Å²) in [6, 6.07) is 113. The average Bonchev–Trinajstić information content (AvgIpc) is 0.794. The first-order chi connectivity index (χ1) is 40.4. The van der Waals surface area contributed by atoms with E-state index >= 15 is 0 Å². The van der Waals surface area contributed by atoms with Gasteiger partial charge in [0.05, 0.1) is 0 Å². The third-order valence-corrected chi connectivity index (χ3v) is 17.0. The average molecular weight is 1440 g/mol. The smallest absolute Gasteiger partial charge is 0 e. The van der Waals surface area contributed by atoms with Gasteiger partial charge in [0, 0.05) is 377 Å². The minimum atomic E-state index is 0. The van der Waals surface area contributed by atoms with Crippen molar-refractivity contribution in [2.75, 3.05) is 0 Å². The van der Waals surface area contributed by atoms with Gasteiger partial charge in [-0.15, -0.1) is 0 Å². The fourth-order valence-corrected chi connectivity index (χ4v) is 12.7. The third kappa shape index (κ3) is 18.4. The molecule has 0 nitrogen and oxygen atoms in total. The number of rotatable bonds is 9. The molecule has 0 aliphatic carbocycles. The molecule has 0 spiro atoms. The molecule has 92 heavy (non-hydrogen) atoms. The van der Waals surface area contributed by atoms with Crippen molar-refractivity contribution in [3.8, 4) is 100 Å². The Morgan fingerprint density at radius 1 is 0.141 bits per heavy atom. The van der Waals surface area contributed by atoms with Crippen LogP contribution in [0, 0.1) is 391 Å². The molecule has 464 valence electrons. The fraction of sp³-hybridized carbons (Fsp3) is 0.0244. The van der Waals surface area contributed by atoms with Crippen LogP contribution in [0.25, 0.3) is 154 Å². The topological polar surface area (TPSA) is 0 Å². The molecule has 0 fully saturated rings. The van der Waals surface area contributed by atoms with Crippen molar-refractivity contribution in [2.45, 2.75) is 13.8 Å². The van der Waals surface area contributed by atoms with Crippen molar-refractivity contribution in [2.24, 2.45) is 0 Å². The van der Waals surface area contributed by atoms with Gasteiger partial charge in [0.2, 0.25) is 0 Å². The molecular formula is C82H56Ar10. The van der Waals surface area contributed by atoms with E-state index in [1.54, 1.807) is 0 Å². The standard InChI is InChI=1S/C82H56.10Ar/c1-53-25-27-55(28-26-53)56-29-33-58(34-30-56)71-17-7-21-78-73(19-9-20-76(71)78)70-14-6-12-60(52-70)62-39-40-66-51-68(44-43-65(66)49-62)67-42-41-63-48-61(37-38-64(63)50-67)57-31-35-59(36-32-57)72-18-8-23-80-77(72)22-10-24-81(80)82-46-45-74(69-13-5-11-54(2)47-69)75-15-3-4-16-79(75)82;;;;;;;;;;/h3-52H,1-2H3;;;;;;;;;;. The van der Waals surface area contributed by atoms with Crippen molar-refractivity contribution in [1.29, 1.82) is 0 Å². The fourth-order valence-electron chi connectivity index (χ4n) is 12.7. The first kappa shape index (κ1) is 84.8. The molecule has 0 aromatic heterocycles. The van der Waals surface area contributed by atoms with Gasteiger partial charge in [0.25, 0.3) is 0 Å². The van der Waals surface area contributed by atoms with Gasteiger partial charge in [0.1, 0.15) is 0 Å². The Morgan fingerprint density at radius 3 is 0.815 bits per heavy atom. The summed E-state index contributed by atoms with van der Waals surface area (Å²) in [5.41, 5.74) is 24.6. The number of aryl methyl sites for hydroxylation is 2. The summed E-state index contributed by atoms with van der Waals surface area (Å²) in [5.74, 6) is 0.